The summed E-state index contributed by atoms with van der Waals surface area (Å²) in [7, 11) is 0. The van der Waals surface area contributed by atoms with Crippen LogP contribution in [0.3, 0.4) is 0 Å². The Kier molecular flexibility index (Phi) is 6.39. The van der Waals surface area contributed by atoms with Gasteiger partial charge in [-0.15, -0.1) is 0 Å². The molecule has 0 aliphatic rings. The summed E-state index contributed by atoms with van der Waals surface area (Å²) >= 11 is 0. The van der Waals surface area contributed by atoms with Crippen molar-refractivity contribution in [2.75, 3.05) is 19.6 Å². The number of carbonyl (C=O) groups excluding carboxylic acids is 1. The topological polar surface area (TPSA) is 63.2 Å². The second-order valence-corrected chi connectivity index (χ2v) is 4.82. The molecule has 116 valence electrons. The fraction of sp³-hybridized carbons (Fsp3) is 0.294. The Hall–Kier alpha value is -2.40. The number of benzene rings is 1. The molecule has 1 heterocycles. The fourth-order valence-electron chi connectivity index (χ4n) is 1.91. The molecule has 0 fully saturated rings. The molecule has 2 aromatic rings. The summed E-state index contributed by atoms with van der Waals surface area (Å²) in [5.74, 6) is 1.22. The molecule has 0 unspecified atom stereocenters. The SMILES string of the molecule is CCCNCCNC(=O)c1cccc(Oc2ccncc2)c1. The Balaban J connectivity index is 1.89. The third-order valence-electron chi connectivity index (χ3n) is 3.00. The van der Waals surface area contributed by atoms with Gasteiger partial charge in [-0.3, -0.25) is 9.78 Å². The van der Waals surface area contributed by atoms with Crippen molar-refractivity contribution in [1.29, 1.82) is 0 Å². The van der Waals surface area contributed by atoms with Gasteiger partial charge >= 0.3 is 0 Å². The van der Waals surface area contributed by atoms with Gasteiger partial charge in [0.1, 0.15) is 11.5 Å². The number of carbonyl (C=O) groups is 1. The molecule has 1 aromatic carbocycles. The Morgan fingerprint density at radius 1 is 1.09 bits per heavy atom. The summed E-state index contributed by atoms with van der Waals surface area (Å²) in [5.41, 5.74) is 0.585. The van der Waals surface area contributed by atoms with Crippen LogP contribution in [-0.2, 0) is 0 Å². The molecular formula is C17H21N3O2. The van der Waals surface area contributed by atoms with Gasteiger partial charge in [-0.1, -0.05) is 13.0 Å². The zero-order chi connectivity index (χ0) is 15.6. The summed E-state index contributed by atoms with van der Waals surface area (Å²) in [6, 6.07) is 10.7. The van der Waals surface area contributed by atoms with Crippen molar-refractivity contribution in [3.8, 4) is 11.5 Å². The maximum Gasteiger partial charge on any atom is 0.251 e. The molecule has 1 aromatic heterocycles. The van der Waals surface area contributed by atoms with E-state index in [2.05, 4.69) is 22.5 Å². The molecule has 1 amide bonds. The molecule has 0 bridgehead atoms. The summed E-state index contributed by atoms with van der Waals surface area (Å²) in [6.07, 6.45) is 4.41. The van der Waals surface area contributed by atoms with E-state index in [-0.39, 0.29) is 5.91 Å². The zero-order valence-corrected chi connectivity index (χ0v) is 12.7. The number of nitrogens with zero attached hydrogens (tertiary/aromatic N) is 1. The van der Waals surface area contributed by atoms with E-state index < -0.39 is 0 Å². The first-order chi connectivity index (χ1) is 10.8. The van der Waals surface area contributed by atoms with E-state index in [0.29, 0.717) is 23.6 Å². The number of hydrogen-bond acceptors (Lipinski definition) is 4. The quantitative estimate of drug-likeness (QED) is 0.736. The lowest BCUT2D eigenvalue weighted by molar-refractivity contribution is 0.0953. The largest absolute Gasteiger partial charge is 0.457 e. The van der Waals surface area contributed by atoms with E-state index in [1.807, 2.05) is 6.07 Å². The van der Waals surface area contributed by atoms with Crippen molar-refractivity contribution in [2.45, 2.75) is 13.3 Å². The molecule has 0 saturated carbocycles. The standard InChI is InChI=1S/C17H21N3O2/c1-2-8-18-11-12-20-17(21)14-4-3-5-16(13-14)22-15-6-9-19-10-7-15/h3-7,9-10,13,18H,2,8,11-12H2,1H3,(H,20,21). The molecule has 0 saturated heterocycles. The van der Waals surface area contributed by atoms with Crippen LogP contribution in [-0.4, -0.2) is 30.5 Å². The Bertz CT molecular complexity index is 587. The molecule has 0 radical (unpaired) electrons. The van der Waals surface area contributed by atoms with E-state index >= 15 is 0 Å². The van der Waals surface area contributed by atoms with Crippen molar-refractivity contribution >= 4 is 5.91 Å². The van der Waals surface area contributed by atoms with Crippen LogP contribution in [0.2, 0.25) is 0 Å². The smallest absolute Gasteiger partial charge is 0.251 e. The van der Waals surface area contributed by atoms with Crippen molar-refractivity contribution in [2.24, 2.45) is 0 Å². The monoisotopic (exact) mass is 299 g/mol. The van der Waals surface area contributed by atoms with Gasteiger partial charge in [0.15, 0.2) is 0 Å². The average molecular weight is 299 g/mol. The van der Waals surface area contributed by atoms with Crippen LogP contribution in [0.15, 0.2) is 48.8 Å². The Labute approximate surface area is 130 Å². The number of hydrogen-bond donors (Lipinski definition) is 2. The summed E-state index contributed by atoms with van der Waals surface area (Å²) in [5, 5.41) is 6.12. The van der Waals surface area contributed by atoms with Crippen LogP contribution in [0.25, 0.3) is 0 Å². The highest BCUT2D eigenvalue weighted by Gasteiger charge is 2.06. The van der Waals surface area contributed by atoms with Crippen molar-refractivity contribution in [1.82, 2.24) is 15.6 Å². The summed E-state index contributed by atoms with van der Waals surface area (Å²) < 4.78 is 5.69. The molecule has 2 N–H and O–H groups in total. The minimum absolute atomic E-state index is 0.0986. The molecule has 2 rings (SSSR count). The zero-order valence-electron chi connectivity index (χ0n) is 12.7. The summed E-state index contributed by atoms with van der Waals surface area (Å²) in [6.45, 7) is 4.45. The molecular weight excluding hydrogens is 278 g/mol. The fourth-order valence-corrected chi connectivity index (χ4v) is 1.91. The maximum absolute atomic E-state index is 12.1. The molecule has 5 nitrogen and oxygen atoms in total. The van der Waals surface area contributed by atoms with Crippen LogP contribution in [0, 0.1) is 0 Å². The van der Waals surface area contributed by atoms with Gasteiger partial charge in [0, 0.05) is 31.0 Å². The maximum atomic E-state index is 12.1. The van der Waals surface area contributed by atoms with Gasteiger partial charge in [0.05, 0.1) is 0 Å². The first kappa shape index (κ1) is 16.0. The molecule has 0 spiro atoms. The van der Waals surface area contributed by atoms with Gasteiger partial charge in [0.2, 0.25) is 0 Å². The van der Waals surface area contributed by atoms with Crippen molar-refractivity contribution in [3.63, 3.8) is 0 Å². The Morgan fingerprint density at radius 2 is 1.91 bits per heavy atom. The molecule has 22 heavy (non-hydrogen) atoms. The predicted molar refractivity (Wildman–Crippen MR) is 86.2 cm³/mol. The number of rotatable bonds is 8. The lowest BCUT2D eigenvalue weighted by Gasteiger charge is -2.08. The van der Waals surface area contributed by atoms with Gasteiger partial charge in [-0.25, -0.2) is 0 Å². The van der Waals surface area contributed by atoms with Gasteiger partial charge < -0.3 is 15.4 Å². The van der Waals surface area contributed by atoms with Gasteiger partial charge in [-0.2, -0.15) is 0 Å². The van der Waals surface area contributed by atoms with Crippen LogP contribution in [0.1, 0.15) is 23.7 Å². The molecule has 0 aliphatic heterocycles. The minimum Gasteiger partial charge on any atom is -0.457 e. The van der Waals surface area contributed by atoms with Crippen molar-refractivity contribution in [3.05, 3.63) is 54.4 Å². The van der Waals surface area contributed by atoms with E-state index in [1.54, 1.807) is 42.7 Å². The van der Waals surface area contributed by atoms with E-state index in [0.717, 1.165) is 19.5 Å². The highest BCUT2D eigenvalue weighted by molar-refractivity contribution is 5.94. The number of amides is 1. The average Bonchev–Trinajstić information content (AvgIpc) is 2.56. The normalized spacial score (nSPS) is 10.2. The van der Waals surface area contributed by atoms with E-state index in [4.69, 9.17) is 4.74 Å². The van der Waals surface area contributed by atoms with Gasteiger partial charge in [0.25, 0.3) is 5.91 Å². The summed E-state index contributed by atoms with van der Waals surface area (Å²) in [4.78, 5) is 16.0. The first-order valence-electron chi connectivity index (χ1n) is 7.46. The highest BCUT2D eigenvalue weighted by atomic mass is 16.5. The lowest BCUT2D eigenvalue weighted by Crippen LogP contribution is -2.32. The number of aromatic nitrogens is 1. The highest BCUT2D eigenvalue weighted by Crippen LogP contribution is 2.21. The minimum atomic E-state index is -0.0986. The van der Waals surface area contributed by atoms with Crippen LogP contribution in [0.4, 0.5) is 0 Å². The molecule has 5 heteroatoms. The third-order valence-corrected chi connectivity index (χ3v) is 3.00. The van der Waals surface area contributed by atoms with Crippen LogP contribution in [0.5, 0.6) is 11.5 Å². The van der Waals surface area contributed by atoms with Crippen LogP contribution < -0.4 is 15.4 Å². The first-order valence-corrected chi connectivity index (χ1v) is 7.46. The molecule has 0 atom stereocenters. The predicted octanol–water partition coefficient (Wildman–Crippen LogP) is 2.60. The van der Waals surface area contributed by atoms with Gasteiger partial charge in [-0.05, 0) is 43.3 Å². The number of ether oxygens (including phenoxy) is 1. The Morgan fingerprint density at radius 3 is 2.68 bits per heavy atom. The van der Waals surface area contributed by atoms with Crippen molar-refractivity contribution < 1.29 is 9.53 Å². The lowest BCUT2D eigenvalue weighted by atomic mass is 10.2. The van der Waals surface area contributed by atoms with E-state index in [1.165, 1.54) is 0 Å². The van der Waals surface area contributed by atoms with E-state index in [9.17, 15) is 4.79 Å². The second-order valence-electron chi connectivity index (χ2n) is 4.82. The number of pyridine rings is 1. The second kappa shape index (κ2) is 8.79. The number of nitrogens with one attached hydrogen (secondary N) is 2. The molecule has 0 aliphatic carbocycles. The van der Waals surface area contributed by atoms with Crippen LogP contribution >= 0.6 is 0 Å². The third kappa shape index (κ3) is 5.18.